The van der Waals surface area contributed by atoms with Crippen LogP contribution in [0.4, 0.5) is 0 Å². The highest BCUT2D eigenvalue weighted by Crippen LogP contribution is 2.27. The standard InChI is InChI=1S/C16H22N2OS/c1-11-4-3-5-14(10-11)18(2)16(19)13-8-6-12(7-9-13)15(17)20/h6-9,11,14H,3-5,10H2,1-2H3,(H2,17,20). The molecule has 0 radical (unpaired) electrons. The molecule has 1 saturated carbocycles. The molecule has 2 unspecified atom stereocenters. The van der Waals surface area contributed by atoms with Crippen molar-refractivity contribution < 1.29 is 4.79 Å². The second kappa shape index (κ2) is 6.35. The van der Waals surface area contributed by atoms with Crippen molar-refractivity contribution in [2.75, 3.05) is 7.05 Å². The van der Waals surface area contributed by atoms with Crippen LogP contribution in [-0.2, 0) is 0 Å². The first-order chi connectivity index (χ1) is 9.49. The van der Waals surface area contributed by atoms with Crippen molar-refractivity contribution in [1.82, 2.24) is 4.90 Å². The SMILES string of the molecule is CC1CCCC(N(C)C(=O)c2ccc(C(N)=S)cc2)C1. The van der Waals surface area contributed by atoms with Gasteiger partial charge in [-0.2, -0.15) is 0 Å². The predicted molar refractivity (Wildman–Crippen MR) is 85.8 cm³/mol. The van der Waals surface area contributed by atoms with Gasteiger partial charge in [-0.1, -0.05) is 44.1 Å². The molecular formula is C16H22N2OS. The molecule has 1 aromatic carbocycles. The zero-order valence-corrected chi connectivity index (χ0v) is 13.0. The number of nitrogens with two attached hydrogens (primary N) is 1. The molecule has 2 rings (SSSR count). The summed E-state index contributed by atoms with van der Waals surface area (Å²) < 4.78 is 0. The van der Waals surface area contributed by atoms with E-state index in [4.69, 9.17) is 18.0 Å². The summed E-state index contributed by atoms with van der Waals surface area (Å²) in [5.74, 6) is 0.791. The summed E-state index contributed by atoms with van der Waals surface area (Å²) in [6.07, 6.45) is 4.70. The molecule has 2 atom stereocenters. The van der Waals surface area contributed by atoms with E-state index in [9.17, 15) is 4.79 Å². The van der Waals surface area contributed by atoms with Gasteiger partial charge in [0, 0.05) is 24.2 Å². The zero-order chi connectivity index (χ0) is 14.7. The van der Waals surface area contributed by atoms with Crippen LogP contribution in [0.5, 0.6) is 0 Å². The van der Waals surface area contributed by atoms with E-state index >= 15 is 0 Å². The second-order valence-electron chi connectivity index (χ2n) is 5.78. The van der Waals surface area contributed by atoms with E-state index in [1.807, 2.05) is 24.1 Å². The summed E-state index contributed by atoms with van der Waals surface area (Å²) in [5.41, 5.74) is 7.06. The van der Waals surface area contributed by atoms with Gasteiger partial charge in [-0.25, -0.2) is 0 Å². The monoisotopic (exact) mass is 290 g/mol. The average Bonchev–Trinajstić information content (AvgIpc) is 2.46. The van der Waals surface area contributed by atoms with Gasteiger partial charge < -0.3 is 10.6 Å². The van der Waals surface area contributed by atoms with Gasteiger partial charge in [0.05, 0.1) is 0 Å². The Kier molecular flexibility index (Phi) is 4.76. The Labute approximate surface area is 126 Å². The van der Waals surface area contributed by atoms with E-state index in [1.165, 1.54) is 12.8 Å². The molecule has 0 bridgehead atoms. The topological polar surface area (TPSA) is 46.3 Å². The Morgan fingerprint density at radius 3 is 2.40 bits per heavy atom. The van der Waals surface area contributed by atoms with Gasteiger partial charge in [-0.3, -0.25) is 4.79 Å². The van der Waals surface area contributed by atoms with Crippen molar-refractivity contribution in [3.8, 4) is 0 Å². The molecule has 1 aliphatic rings. The van der Waals surface area contributed by atoms with Gasteiger partial charge in [0.15, 0.2) is 0 Å². The van der Waals surface area contributed by atoms with Crippen molar-refractivity contribution in [2.45, 2.75) is 38.6 Å². The Hall–Kier alpha value is -1.42. The van der Waals surface area contributed by atoms with Gasteiger partial charge in [0.25, 0.3) is 5.91 Å². The van der Waals surface area contributed by atoms with Crippen molar-refractivity contribution in [2.24, 2.45) is 11.7 Å². The molecule has 20 heavy (non-hydrogen) atoms. The average molecular weight is 290 g/mol. The predicted octanol–water partition coefficient (Wildman–Crippen LogP) is 2.97. The van der Waals surface area contributed by atoms with Gasteiger partial charge in [0.1, 0.15) is 4.99 Å². The first-order valence-corrected chi connectivity index (χ1v) is 7.57. The van der Waals surface area contributed by atoms with Crippen LogP contribution in [0, 0.1) is 5.92 Å². The molecule has 2 N–H and O–H groups in total. The minimum absolute atomic E-state index is 0.0820. The van der Waals surface area contributed by atoms with Gasteiger partial charge >= 0.3 is 0 Å². The molecule has 0 aromatic heterocycles. The number of amides is 1. The largest absolute Gasteiger partial charge is 0.389 e. The molecule has 3 nitrogen and oxygen atoms in total. The van der Waals surface area contributed by atoms with E-state index in [0.717, 1.165) is 18.4 Å². The Balaban J connectivity index is 2.07. The molecule has 1 aliphatic carbocycles. The molecule has 1 amide bonds. The fraction of sp³-hybridized carbons (Fsp3) is 0.500. The maximum absolute atomic E-state index is 12.5. The molecule has 0 saturated heterocycles. The normalized spacial score (nSPS) is 22.3. The molecule has 0 heterocycles. The van der Waals surface area contributed by atoms with Crippen LogP contribution in [0.25, 0.3) is 0 Å². The number of rotatable bonds is 3. The van der Waals surface area contributed by atoms with E-state index in [0.29, 0.717) is 22.5 Å². The number of hydrogen-bond acceptors (Lipinski definition) is 2. The Morgan fingerprint density at radius 2 is 1.85 bits per heavy atom. The first-order valence-electron chi connectivity index (χ1n) is 7.16. The lowest BCUT2D eigenvalue weighted by atomic mass is 9.86. The Morgan fingerprint density at radius 1 is 1.25 bits per heavy atom. The van der Waals surface area contributed by atoms with E-state index in [1.54, 1.807) is 12.1 Å². The summed E-state index contributed by atoms with van der Waals surface area (Å²) in [6.45, 7) is 2.27. The molecule has 1 aromatic rings. The fourth-order valence-electron chi connectivity index (χ4n) is 2.90. The Bertz CT molecular complexity index is 498. The second-order valence-corrected chi connectivity index (χ2v) is 6.22. The zero-order valence-electron chi connectivity index (χ0n) is 12.1. The summed E-state index contributed by atoms with van der Waals surface area (Å²) >= 11 is 4.92. The van der Waals surface area contributed by atoms with Crippen LogP contribution < -0.4 is 5.73 Å². The van der Waals surface area contributed by atoms with Crippen molar-refractivity contribution in [3.05, 3.63) is 35.4 Å². The highest BCUT2D eigenvalue weighted by Gasteiger charge is 2.25. The van der Waals surface area contributed by atoms with Gasteiger partial charge in [-0.15, -0.1) is 0 Å². The minimum Gasteiger partial charge on any atom is -0.389 e. The van der Waals surface area contributed by atoms with Gasteiger partial charge in [-0.05, 0) is 30.9 Å². The number of carbonyl (C=O) groups is 1. The molecule has 108 valence electrons. The van der Waals surface area contributed by atoms with Crippen molar-refractivity contribution >= 4 is 23.1 Å². The summed E-state index contributed by atoms with van der Waals surface area (Å²) in [4.78, 5) is 14.7. The van der Waals surface area contributed by atoms with Gasteiger partial charge in [0.2, 0.25) is 0 Å². The minimum atomic E-state index is 0.0820. The molecule has 1 fully saturated rings. The quantitative estimate of drug-likeness (QED) is 0.871. The van der Waals surface area contributed by atoms with E-state index < -0.39 is 0 Å². The number of nitrogens with zero attached hydrogens (tertiary/aromatic N) is 1. The lowest BCUT2D eigenvalue weighted by molar-refractivity contribution is 0.0672. The molecule has 4 heteroatoms. The third-order valence-electron chi connectivity index (χ3n) is 4.19. The summed E-state index contributed by atoms with van der Waals surface area (Å²) in [6, 6.07) is 7.60. The maximum Gasteiger partial charge on any atom is 0.253 e. The highest BCUT2D eigenvalue weighted by atomic mass is 32.1. The molecular weight excluding hydrogens is 268 g/mol. The highest BCUT2D eigenvalue weighted by molar-refractivity contribution is 7.80. The lowest BCUT2D eigenvalue weighted by Gasteiger charge is -2.34. The third kappa shape index (κ3) is 3.37. The van der Waals surface area contributed by atoms with E-state index in [-0.39, 0.29) is 5.91 Å². The fourth-order valence-corrected chi connectivity index (χ4v) is 3.04. The van der Waals surface area contributed by atoms with Crippen molar-refractivity contribution in [1.29, 1.82) is 0 Å². The number of thiocarbonyl (C=S) groups is 1. The summed E-state index contributed by atoms with van der Waals surface area (Å²) in [5, 5.41) is 0. The molecule has 0 spiro atoms. The van der Waals surface area contributed by atoms with Crippen LogP contribution in [0.15, 0.2) is 24.3 Å². The summed E-state index contributed by atoms with van der Waals surface area (Å²) in [7, 11) is 1.91. The number of carbonyl (C=O) groups excluding carboxylic acids is 1. The third-order valence-corrected chi connectivity index (χ3v) is 4.43. The number of benzene rings is 1. The van der Waals surface area contributed by atoms with Crippen LogP contribution in [0.2, 0.25) is 0 Å². The number of hydrogen-bond donors (Lipinski definition) is 1. The lowest BCUT2D eigenvalue weighted by Crippen LogP contribution is -2.39. The van der Waals surface area contributed by atoms with Crippen LogP contribution in [0.3, 0.4) is 0 Å². The van der Waals surface area contributed by atoms with Crippen LogP contribution >= 0.6 is 12.2 Å². The van der Waals surface area contributed by atoms with Crippen LogP contribution in [0.1, 0.15) is 48.5 Å². The first kappa shape index (κ1) is 15.0. The maximum atomic E-state index is 12.5. The van der Waals surface area contributed by atoms with Crippen LogP contribution in [-0.4, -0.2) is 28.9 Å². The molecule has 0 aliphatic heterocycles. The van der Waals surface area contributed by atoms with E-state index in [2.05, 4.69) is 6.92 Å². The smallest absolute Gasteiger partial charge is 0.253 e. The van der Waals surface area contributed by atoms with Crippen molar-refractivity contribution in [3.63, 3.8) is 0 Å².